The van der Waals surface area contributed by atoms with Gasteiger partial charge >= 0.3 is 0 Å². The van der Waals surface area contributed by atoms with Gasteiger partial charge in [0.15, 0.2) is 5.13 Å². The van der Waals surface area contributed by atoms with Crippen LogP contribution in [0.5, 0.6) is 0 Å². The summed E-state index contributed by atoms with van der Waals surface area (Å²) in [4.78, 5) is 29.5. The molecule has 0 aliphatic carbocycles. The third-order valence-corrected chi connectivity index (χ3v) is 4.73. The van der Waals surface area contributed by atoms with Crippen LogP contribution in [0, 0.1) is 5.41 Å². The minimum absolute atomic E-state index is 0.0177. The molecule has 0 saturated carbocycles. The number of thiophene rings is 1. The van der Waals surface area contributed by atoms with Crippen LogP contribution >= 0.6 is 22.7 Å². The average Bonchev–Trinajstić information content (AvgIpc) is 3.02. The van der Waals surface area contributed by atoms with E-state index in [1.807, 2.05) is 38.3 Å². The van der Waals surface area contributed by atoms with Gasteiger partial charge in [-0.1, -0.05) is 20.8 Å². The Labute approximate surface area is 144 Å². The lowest BCUT2D eigenvalue weighted by Crippen LogP contribution is -2.19. The summed E-state index contributed by atoms with van der Waals surface area (Å²) in [5.41, 5.74) is 0.802. The number of carbonyl (C=O) groups is 2. The second-order valence-electron chi connectivity index (χ2n) is 6.50. The zero-order chi connectivity index (χ0) is 17.0. The summed E-state index contributed by atoms with van der Waals surface area (Å²) in [7, 11) is 0. The van der Waals surface area contributed by atoms with Gasteiger partial charge in [-0.25, -0.2) is 4.98 Å². The van der Waals surface area contributed by atoms with Crippen LogP contribution in [0.2, 0.25) is 0 Å². The van der Waals surface area contributed by atoms with E-state index in [1.165, 1.54) is 18.3 Å². The first-order chi connectivity index (χ1) is 10.7. The first-order valence-electron chi connectivity index (χ1n) is 7.32. The van der Waals surface area contributed by atoms with Crippen LogP contribution in [0.15, 0.2) is 17.5 Å². The molecule has 2 aromatic rings. The fourth-order valence-corrected chi connectivity index (χ4v) is 3.62. The van der Waals surface area contributed by atoms with E-state index in [1.54, 1.807) is 11.3 Å². The molecule has 0 atom stereocenters. The van der Waals surface area contributed by atoms with Crippen molar-refractivity contribution in [3.05, 3.63) is 22.4 Å². The lowest BCUT2D eigenvalue weighted by atomic mass is 9.92. The SMILES string of the molecule is CC(=O)NCc1ccc(-c2csc(NC(=O)CC(C)(C)C)n2)s1. The summed E-state index contributed by atoms with van der Waals surface area (Å²) >= 11 is 3.01. The molecule has 2 N–H and O–H groups in total. The first kappa shape index (κ1) is 17.6. The standard InChI is InChI=1S/C16H21N3O2S2/c1-10(20)17-8-11-5-6-13(23-11)12-9-22-15(18-12)19-14(21)7-16(2,3)4/h5-6,9H,7-8H2,1-4H3,(H,17,20)(H,18,19,21). The van der Waals surface area contributed by atoms with Crippen LogP contribution in [0.1, 0.15) is 39.0 Å². The Morgan fingerprint density at radius 3 is 2.65 bits per heavy atom. The molecular formula is C16H21N3O2S2. The van der Waals surface area contributed by atoms with Crippen LogP contribution in [0.3, 0.4) is 0 Å². The Kier molecular flexibility index (Phi) is 5.54. The Hall–Kier alpha value is -1.73. The fourth-order valence-electron chi connectivity index (χ4n) is 1.91. The van der Waals surface area contributed by atoms with Crippen molar-refractivity contribution in [2.45, 2.75) is 40.7 Å². The molecule has 0 aromatic carbocycles. The number of amides is 2. The quantitative estimate of drug-likeness (QED) is 0.859. The van der Waals surface area contributed by atoms with E-state index in [2.05, 4.69) is 15.6 Å². The van der Waals surface area contributed by atoms with E-state index in [0.717, 1.165) is 15.4 Å². The highest BCUT2D eigenvalue weighted by Crippen LogP contribution is 2.31. The van der Waals surface area contributed by atoms with Gasteiger partial charge in [-0.05, 0) is 17.5 Å². The minimum atomic E-state index is -0.0451. The molecule has 2 rings (SSSR count). The second kappa shape index (κ2) is 7.23. The predicted octanol–water partition coefficient (Wildman–Crippen LogP) is 3.88. The summed E-state index contributed by atoms with van der Waals surface area (Å²) in [6.07, 6.45) is 0.460. The van der Waals surface area contributed by atoms with Crippen LogP contribution in [-0.4, -0.2) is 16.8 Å². The van der Waals surface area contributed by atoms with E-state index >= 15 is 0 Å². The third-order valence-electron chi connectivity index (χ3n) is 2.87. The number of nitrogens with zero attached hydrogens (tertiary/aromatic N) is 1. The zero-order valence-corrected chi connectivity index (χ0v) is 15.4. The Morgan fingerprint density at radius 2 is 2.00 bits per heavy atom. The Bertz CT molecular complexity index is 698. The van der Waals surface area contributed by atoms with Gasteiger partial charge in [-0.3, -0.25) is 9.59 Å². The van der Waals surface area contributed by atoms with Crippen molar-refractivity contribution < 1.29 is 9.59 Å². The molecule has 2 heterocycles. The molecule has 0 spiro atoms. The highest BCUT2D eigenvalue weighted by molar-refractivity contribution is 7.17. The van der Waals surface area contributed by atoms with Crippen LogP contribution in [0.4, 0.5) is 5.13 Å². The van der Waals surface area contributed by atoms with Gasteiger partial charge in [0, 0.05) is 23.6 Å². The molecule has 0 aliphatic heterocycles. The van der Waals surface area contributed by atoms with Crippen LogP contribution in [-0.2, 0) is 16.1 Å². The highest BCUT2D eigenvalue weighted by Gasteiger charge is 2.17. The number of aromatic nitrogens is 1. The molecule has 2 amide bonds. The average molecular weight is 351 g/mol. The van der Waals surface area contributed by atoms with Crippen molar-refractivity contribution in [3.8, 4) is 10.6 Å². The number of hydrogen-bond donors (Lipinski definition) is 2. The lowest BCUT2D eigenvalue weighted by molar-refractivity contribution is -0.119. The number of hydrogen-bond acceptors (Lipinski definition) is 5. The highest BCUT2D eigenvalue weighted by atomic mass is 32.1. The van der Waals surface area contributed by atoms with E-state index < -0.39 is 0 Å². The lowest BCUT2D eigenvalue weighted by Gasteiger charge is -2.16. The van der Waals surface area contributed by atoms with Crippen molar-refractivity contribution in [3.63, 3.8) is 0 Å². The molecule has 0 bridgehead atoms. The van der Waals surface area contributed by atoms with Gasteiger partial charge < -0.3 is 10.6 Å². The molecule has 124 valence electrons. The molecule has 0 radical (unpaired) electrons. The number of thiazole rings is 1. The van der Waals surface area contributed by atoms with E-state index in [-0.39, 0.29) is 17.2 Å². The maximum atomic E-state index is 11.9. The topological polar surface area (TPSA) is 71.1 Å². The van der Waals surface area contributed by atoms with Gasteiger partial charge in [0.05, 0.1) is 17.1 Å². The van der Waals surface area contributed by atoms with Crippen molar-refractivity contribution in [2.24, 2.45) is 5.41 Å². The molecule has 0 saturated heterocycles. The molecule has 0 aliphatic rings. The summed E-state index contributed by atoms with van der Waals surface area (Å²) in [5, 5.41) is 8.18. The zero-order valence-electron chi connectivity index (χ0n) is 13.7. The van der Waals surface area contributed by atoms with Crippen molar-refractivity contribution in [1.82, 2.24) is 10.3 Å². The van der Waals surface area contributed by atoms with Crippen LogP contribution < -0.4 is 10.6 Å². The van der Waals surface area contributed by atoms with Crippen molar-refractivity contribution in [1.29, 1.82) is 0 Å². The smallest absolute Gasteiger partial charge is 0.226 e. The number of carbonyl (C=O) groups excluding carboxylic acids is 2. The number of nitrogens with one attached hydrogen (secondary N) is 2. The molecule has 2 aromatic heterocycles. The van der Waals surface area contributed by atoms with E-state index in [4.69, 9.17) is 0 Å². The maximum Gasteiger partial charge on any atom is 0.226 e. The summed E-state index contributed by atoms with van der Waals surface area (Å²) in [6.45, 7) is 8.12. The predicted molar refractivity (Wildman–Crippen MR) is 95.6 cm³/mol. The van der Waals surface area contributed by atoms with Crippen LogP contribution in [0.25, 0.3) is 10.6 Å². The Balaban J connectivity index is 1.99. The molecule has 5 nitrogen and oxygen atoms in total. The van der Waals surface area contributed by atoms with Gasteiger partial charge in [0.2, 0.25) is 11.8 Å². The molecule has 7 heteroatoms. The van der Waals surface area contributed by atoms with Gasteiger partial charge in [-0.2, -0.15) is 0 Å². The third kappa shape index (κ3) is 5.76. The first-order valence-corrected chi connectivity index (χ1v) is 9.01. The summed E-state index contributed by atoms with van der Waals surface area (Å²) in [5.74, 6) is -0.0617. The minimum Gasteiger partial charge on any atom is -0.351 e. The maximum absolute atomic E-state index is 11.9. The molecule has 0 fully saturated rings. The molecular weight excluding hydrogens is 330 g/mol. The van der Waals surface area contributed by atoms with E-state index in [0.29, 0.717) is 18.1 Å². The van der Waals surface area contributed by atoms with Gasteiger partial charge in [-0.15, -0.1) is 22.7 Å². The van der Waals surface area contributed by atoms with Crippen molar-refractivity contribution in [2.75, 3.05) is 5.32 Å². The normalized spacial score (nSPS) is 11.3. The van der Waals surface area contributed by atoms with Gasteiger partial charge in [0.25, 0.3) is 0 Å². The summed E-state index contributed by atoms with van der Waals surface area (Å²) in [6, 6.07) is 3.96. The monoisotopic (exact) mass is 351 g/mol. The molecule has 23 heavy (non-hydrogen) atoms. The fraction of sp³-hybridized carbons (Fsp3) is 0.438. The largest absolute Gasteiger partial charge is 0.351 e. The number of rotatable bonds is 5. The summed E-state index contributed by atoms with van der Waals surface area (Å²) < 4.78 is 0. The number of anilines is 1. The second-order valence-corrected chi connectivity index (χ2v) is 8.53. The van der Waals surface area contributed by atoms with Crippen molar-refractivity contribution >= 4 is 39.6 Å². The van der Waals surface area contributed by atoms with E-state index in [9.17, 15) is 9.59 Å². The Morgan fingerprint density at radius 1 is 1.26 bits per heavy atom. The van der Waals surface area contributed by atoms with Gasteiger partial charge in [0.1, 0.15) is 0 Å². The molecule has 0 unspecified atom stereocenters.